The van der Waals surface area contributed by atoms with Crippen LogP contribution in [0.25, 0.3) is 0 Å². The van der Waals surface area contributed by atoms with Gasteiger partial charge in [-0.1, -0.05) is 30.3 Å². The van der Waals surface area contributed by atoms with Gasteiger partial charge in [-0.3, -0.25) is 4.79 Å². The minimum atomic E-state index is -0.966. The Hall–Kier alpha value is -1.59. The maximum atomic E-state index is 11.5. The third-order valence-electron chi connectivity index (χ3n) is 2.43. The van der Waals surface area contributed by atoms with Gasteiger partial charge in [0.25, 0.3) is 0 Å². The standard InChI is InChI=1S/C13H17NO4.ClH/c1-2-17-13(16)18-12(15)8-11(9-14)10-6-4-3-5-7-10;/h3-7,11H,2,8-9,14H2,1H3;1H. The lowest BCUT2D eigenvalue weighted by Crippen LogP contribution is -2.20. The molecule has 0 saturated heterocycles. The van der Waals surface area contributed by atoms with Gasteiger partial charge in [-0.05, 0) is 19.0 Å². The minimum Gasteiger partial charge on any atom is -0.434 e. The van der Waals surface area contributed by atoms with E-state index in [1.807, 2.05) is 30.3 Å². The highest BCUT2D eigenvalue weighted by Gasteiger charge is 2.18. The number of nitrogens with two attached hydrogens (primary N) is 1. The summed E-state index contributed by atoms with van der Waals surface area (Å²) in [5.41, 5.74) is 6.56. The average molecular weight is 288 g/mol. The largest absolute Gasteiger partial charge is 0.516 e. The smallest absolute Gasteiger partial charge is 0.434 e. The zero-order valence-electron chi connectivity index (χ0n) is 10.7. The van der Waals surface area contributed by atoms with Crippen molar-refractivity contribution in [1.29, 1.82) is 0 Å². The van der Waals surface area contributed by atoms with E-state index in [1.54, 1.807) is 6.92 Å². The van der Waals surface area contributed by atoms with Gasteiger partial charge >= 0.3 is 12.1 Å². The van der Waals surface area contributed by atoms with E-state index in [2.05, 4.69) is 9.47 Å². The fourth-order valence-electron chi connectivity index (χ4n) is 1.55. The summed E-state index contributed by atoms with van der Waals surface area (Å²) in [4.78, 5) is 22.5. The van der Waals surface area contributed by atoms with Crippen molar-refractivity contribution in [2.24, 2.45) is 5.73 Å². The van der Waals surface area contributed by atoms with Crippen LogP contribution in [0.4, 0.5) is 4.79 Å². The number of carbonyl (C=O) groups is 2. The van der Waals surface area contributed by atoms with Gasteiger partial charge in [0, 0.05) is 5.92 Å². The Morgan fingerprint density at radius 1 is 1.26 bits per heavy atom. The number of rotatable bonds is 5. The molecule has 0 saturated carbocycles. The molecule has 2 N–H and O–H groups in total. The van der Waals surface area contributed by atoms with Crippen molar-refractivity contribution in [2.75, 3.05) is 13.2 Å². The summed E-state index contributed by atoms with van der Waals surface area (Å²) < 4.78 is 9.01. The number of ether oxygens (including phenoxy) is 2. The van der Waals surface area contributed by atoms with Crippen molar-refractivity contribution in [3.05, 3.63) is 35.9 Å². The van der Waals surface area contributed by atoms with Gasteiger partial charge in [0.2, 0.25) is 0 Å². The summed E-state index contributed by atoms with van der Waals surface area (Å²) in [6, 6.07) is 9.39. The van der Waals surface area contributed by atoms with E-state index in [-0.39, 0.29) is 31.4 Å². The molecule has 0 fully saturated rings. The number of benzene rings is 1. The number of halogens is 1. The molecule has 0 amide bonds. The van der Waals surface area contributed by atoms with Crippen molar-refractivity contribution >= 4 is 24.5 Å². The zero-order valence-corrected chi connectivity index (χ0v) is 11.5. The molecule has 0 aliphatic rings. The van der Waals surface area contributed by atoms with Gasteiger partial charge in [0.05, 0.1) is 13.0 Å². The molecule has 1 rings (SSSR count). The van der Waals surface area contributed by atoms with E-state index in [4.69, 9.17) is 5.73 Å². The van der Waals surface area contributed by atoms with Crippen LogP contribution in [0.2, 0.25) is 0 Å². The van der Waals surface area contributed by atoms with Crippen molar-refractivity contribution in [1.82, 2.24) is 0 Å². The second-order valence-corrected chi connectivity index (χ2v) is 3.70. The molecule has 0 aliphatic carbocycles. The number of esters is 1. The fourth-order valence-corrected chi connectivity index (χ4v) is 1.55. The van der Waals surface area contributed by atoms with E-state index >= 15 is 0 Å². The number of hydrogen-bond acceptors (Lipinski definition) is 5. The van der Waals surface area contributed by atoms with Gasteiger partial charge < -0.3 is 15.2 Å². The van der Waals surface area contributed by atoms with Crippen molar-refractivity contribution in [3.63, 3.8) is 0 Å². The first-order chi connectivity index (χ1) is 8.67. The molecule has 1 aromatic carbocycles. The van der Waals surface area contributed by atoms with E-state index in [0.717, 1.165) is 5.56 Å². The van der Waals surface area contributed by atoms with Crippen LogP contribution in [0.3, 0.4) is 0 Å². The van der Waals surface area contributed by atoms with Crippen LogP contribution in [0.15, 0.2) is 30.3 Å². The number of carbonyl (C=O) groups excluding carboxylic acids is 2. The van der Waals surface area contributed by atoms with Crippen molar-refractivity contribution < 1.29 is 19.1 Å². The van der Waals surface area contributed by atoms with Crippen LogP contribution in [-0.4, -0.2) is 25.3 Å². The fraction of sp³-hybridized carbons (Fsp3) is 0.385. The monoisotopic (exact) mass is 287 g/mol. The molecule has 1 unspecified atom stereocenters. The lowest BCUT2D eigenvalue weighted by atomic mass is 9.96. The Bertz CT molecular complexity index is 397. The van der Waals surface area contributed by atoms with Crippen LogP contribution in [0, 0.1) is 0 Å². The summed E-state index contributed by atoms with van der Waals surface area (Å²) in [5.74, 6) is -0.791. The average Bonchev–Trinajstić information content (AvgIpc) is 2.37. The number of hydrogen-bond donors (Lipinski definition) is 1. The van der Waals surface area contributed by atoms with Crippen LogP contribution in [0.5, 0.6) is 0 Å². The van der Waals surface area contributed by atoms with E-state index in [0.29, 0.717) is 6.54 Å². The minimum absolute atomic E-state index is 0. The predicted octanol–water partition coefficient (Wildman–Crippen LogP) is 2.24. The first kappa shape index (κ1) is 17.4. The Morgan fingerprint density at radius 3 is 2.42 bits per heavy atom. The molecule has 5 nitrogen and oxygen atoms in total. The molecular weight excluding hydrogens is 270 g/mol. The highest BCUT2D eigenvalue weighted by Crippen LogP contribution is 2.18. The molecule has 1 aromatic rings. The van der Waals surface area contributed by atoms with Crippen LogP contribution >= 0.6 is 12.4 Å². The highest BCUT2D eigenvalue weighted by atomic mass is 35.5. The van der Waals surface area contributed by atoms with Gasteiger partial charge in [0.1, 0.15) is 0 Å². The lowest BCUT2D eigenvalue weighted by molar-refractivity contribution is -0.140. The van der Waals surface area contributed by atoms with Gasteiger partial charge in [0.15, 0.2) is 0 Å². The van der Waals surface area contributed by atoms with Gasteiger partial charge in [-0.15, -0.1) is 12.4 Å². The quantitative estimate of drug-likeness (QED) is 0.664. The normalized spacial score (nSPS) is 11.1. The molecule has 19 heavy (non-hydrogen) atoms. The van der Waals surface area contributed by atoms with Gasteiger partial charge in [-0.2, -0.15) is 0 Å². The summed E-state index contributed by atoms with van der Waals surface area (Å²) in [6.07, 6.45) is -0.911. The maximum Gasteiger partial charge on any atom is 0.516 e. The van der Waals surface area contributed by atoms with Crippen LogP contribution < -0.4 is 5.73 Å². The molecule has 0 bridgehead atoms. The molecule has 0 aromatic heterocycles. The molecule has 1 atom stereocenters. The Morgan fingerprint density at radius 2 is 1.89 bits per heavy atom. The Labute approximate surface area is 118 Å². The van der Waals surface area contributed by atoms with Gasteiger partial charge in [-0.25, -0.2) is 4.79 Å². The topological polar surface area (TPSA) is 78.6 Å². The molecule has 0 spiro atoms. The second kappa shape index (κ2) is 9.35. The van der Waals surface area contributed by atoms with E-state index < -0.39 is 12.1 Å². The SMILES string of the molecule is CCOC(=O)OC(=O)CC(CN)c1ccccc1.Cl. The Balaban J connectivity index is 0.00000324. The van der Waals surface area contributed by atoms with Crippen molar-refractivity contribution in [2.45, 2.75) is 19.3 Å². The second-order valence-electron chi connectivity index (χ2n) is 3.70. The third kappa shape index (κ3) is 6.22. The summed E-state index contributed by atoms with van der Waals surface area (Å²) in [6.45, 7) is 2.12. The molecule has 106 valence electrons. The van der Waals surface area contributed by atoms with Crippen LogP contribution in [0.1, 0.15) is 24.8 Å². The molecule has 6 heteroatoms. The molecule has 0 radical (unpaired) electrons. The van der Waals surface area contributed by atoms with Crippen LogP contribution in [-0.2, 0) is 14.3 Å². The highest BCUT2D eigenvalue weighted by molar-refractivity contribution is 5.85. The summed E-state index contributed by atoms with van der Waals surface area (Å²) in [5, 5.41) is 0. The molecular formula is C13H18ClNO4. The maximum absolute atomic E-state index is 11.5. The van der Waals surface area contributed by atoms with E-state index in [9.17, 15) is 9.59 Å². The lowest BCUT2D eigenvalue weighted by Gasteiger charge is -2.13. The summed E-state index contributed by atoms with van der Waals surface area (Å²) in [7, 11) is 0. The first-order valence-corrected chi connectivity index (χ1v) is 5.79. The third-order valence-corrected chi connectivity index (χ3v) is 2.43. The summed E-state index contributed by atoms with van der Waals surface area (Å²) >= 11 is 0. The first-order valence-electron chi connectivity index (χ1n) is 5.79. The van der Waals surface area contributed by atoms with Crippen molar-refractivity contribution in [3.8, 4) is 0 Å². The molecule has 0 heterocycles. The predicted molar refractivity (Wildman–Crippen MR) is 73.2 cm³/mol. The zero-order chi connectivity index (χ0) is 13.4. The Kier molecular flexibility index (Phi) is 8.57. The molecule has 0 aliphatic heterocycles. The van der Waals surface area contributed by atoms with E-state index in [1.165, 1.54) is 0 Å².